The molecule has 50 heavy (non-hydrogen) atoms. The Bertz CT molecular complexity index is 1150. The highest BCUT2D eigenvalue weighted by molar-refractivity contribution is 5.96. The third-order valence-electron chi connectivity index (χ3n) is 9.51. The number of halogens is 2. The summed E-state index contributed by atoms with van der Waals surface area (Å²) in [5.41, 5.74) is 5.85. The van der Waals surface area contributed by atoms with Gasteiger partial charge in [0.25, 0.3) is 0 Å². The van der Waals surface area contributed by atoms with Gasteiger partial charge in [0, 0.05) is 13.6 Å². The molecule has 1 aliphatic carbocycles. The van der Waals surface area contributed by atoms with Crippen LogP contribution in [0.3, 0.4) is 0 Å². The van der Waals surface area contributed by atoms with Crippen LogP contribution in [0.4, 0.5) is 8.78 Å². The Morgan fingerprint density at radius 2 is 1.60 bits per heavy atom. The Labute approximate surface area is 293 Å². The van der Waals surface area contributed by atoms with Crippen LogP contribution in [0.25, 0.3) is 0 Å². The molecule has 5 amide bonds. The lowest BCUT2D eigenvalue weighted by Gasteiger charge is -2.36. The second-order valence-corrected chi connectivity index (χ2v) is 14.1. The van der Waals surface area contributed by atoms with Crippen molar-refractivity contribution in [3.05, 3.63) is 0 Å². The van der Waals surface area contributed by atoms with Crippen molar-refractivity contribution in [3.63, 3.8) is 0 Å². The van der Waals surface area contributed by atoms with Crippen LogP contribution in [0.15, 0.2) is 0 Å². The molecule has 0 aromatic carbocycles. The minimum Gasteiger partial charge on any atom is -0.460 e. The Balaban J connectivity index is 2.54. The first-order valence-corrected chi connectivity index (χ1v) is 17.8. The number of hydrogen-bond acceptors (Lipinski definition) is 9. The van der Waals surface area contributed by atoms with Gasteiger partial charge in [-0.15, -0.1) is 0 Å². The second-order valence-electron chi connectivity index (χ2n) is 14.1. The van der Waals surface area contributed by atoms with Gasteiger partial charge in [0.15, 0.2) is 0 Å². The van der Waals surface area contributed by atoms with Gasteiger partial charge in [0.1, 0.15) is 49.7 Å². The summed E-state index contributed by atoms with van der Waals surface area (Å²) in [6.45, 7) is 4.38. The average Bonchev–Trinajstić information content (AvgIpc) is 3.09. The molecule has 0 aromatic heterocycles. The van der Waals surface area contributed by atoms with E-state index < -0.39 is 97.2 Å². The number of aliphatic hydroxyl groups is 1. The van der Waals surface area contributed by atoms with Crippen molar-refractivity contribution in [3.8, 4) is 0 Å². The number of likely N-dealkylation sites (N-methyl/N-ethyl adjacent to an activating group) is 1. The van der Waals surface area contributed by atoms with Gasteiger partial charge in [-0.3, -0.25) is 28.8 Å². The quantitative estimate of drug-likeness (QED) is 0.132. The highest BCUT2D eigenvalue weighted by Crippen LogP contribution is 2.28. The molecule has 0 bridgehead atoms. The molecule has 16 heteroatoms. The summed E-state index contributed by atoms with van der Waals surface area (Å²) >= 11 is 0. The Kier molecular flexibility index (Phi) is 18.0. The first kappa shape index (κ1) is 42.8. The number of cyclic esters (lactones) is 1. The second kappa shape index (κ2) is 21.1. The van der Waals surface area contributed by atoms with Crippen LogP contribution < -0.4 is 27.0 Å². The molecule has 1 saturated carbocycles. The van der Waals surface area contributed by atoms with Crippen LogP contribution in [0, 0.1) is 17.8 Å². The lowest BCUT2D eigenvalue weighted by Crippen LogP contribution is -2.62. The number of rotatable bonds is 11. The molecule has 8 atom stereocenters. The number of hydrogen-bond donors (Lipinski definition) is 6. The first-order valence-electron chi connectivity index (χ1n) is 17.8. The van der Waals surface area contributed by atoms with E-state index >= 15 is 0 Å². The highest BCUT2D eigenvalue weighted by atomic mass is 19.2. The summed E-state index contributed by atoms with van der Waals surface area (Å²) in [6.07, 6.45) is 0.658. The average molecular weight is 717 g/mol. The zero-order valence-corrected chi connectivity index (χ0v) is 30.1. The van der Waals surface area contributed by atoms with Gasteiger partial charge in [0.05, 0.1) is 12.0 Å². The topological polar surface area (TPSA) is 209 Å². The number of aliphatic hydroxyl groups excluding tert-OH is 1. The predicted octanol–water partition coefficient (Wildman–Crippen LogP) is 0.779. The summed E-state index contributed by atoms with van der Waals surface area (Å²) in [4.78, 5) is 82.4. The van der Waals surface area contributed by atoms with Crippen molar-refractivity contribution in [2.45, 2.75) is 134 Å². The summed E-state index contributed by atoms with van der Waals surface area (Å²) in [7, 11) is 1.46. The molecule has 7 N–H and O–H groups in total. The lowest BCUT2D eigenvalue weighted by molar-refractivity contribution is -0.157. The Morgan fingerprint density at radius 3 is 2.18 bits per heavy atom. The molecule has 2 fully saturated rings. The first-order chi connectivity index (χ1) is 23.6. The van der Waals surface area contributed by atoms with Crippen molar-refractivity contribution in [2.24, 2.45) is 23.5 Å². The van der Waals surface area contributed by atoms with Crippen LogP contribution in [-0.4, -0.2) is 115 Å². The number of carbonyl (C=O) groups is 6. The maximum Gasteiger partial charge on any atom is 0.325 e. The zero-order chi connectivity index (χ0) is 37.5. The molecule has 1 saturated heterocycles. The summed E-state index contributed by atoms with van der Waals surface area (Å²) < 4.78 is 31.8. The number of esters is 1. The molecule has 1 aliphatic heterocycles. The smallest absolute Gasteiger partial charge is 0.325 e. The predicted molar refractivity (Wildman–Crippen MR) is 181 cm³/mol. The SMILES string of the molecule is CC(C)C[C@H]1C(=O)N[C@@H](C2CCCCC2)C(=O)N[C@@H](CN)C(=O)N[C@@H]([C@H](C)O)C(=O)NCC(=O)O[C@H](CCCCC(F)CF)[C@@H](C)C(=O)N1C. The zero-order valence-electron chi connectivity index (χ0n) is 30.1. The number of nitrogens with two attached hydrogens (primary N) is 1. The molecule has 2 rings (SSSR count). The van der Waals surface area contributed by atoms with E-state index in [0.29, 0.717) is 19.3 Å². The van der Waals surface area contributed by atoms with Crippen LogP contribution >= 0.6 is 0 Å². The molecule has 0 aromatic rings. The van der Waals surface area contributed by atoms with Gasteiger partial charge in [-0.2, -0.15) is 0 Å². The van der Waals surface area contributed by atoms with E-state index in [-0.39, 0.29) is 44.1 Å². The molecule has 1 heterocycles. The number of nitrogens with zero attached hydrogens (tertiary/aromatic N) is 1. The highest BCUT2D eigenvalue weighted by Gasteiger charge is 2.39. The van der Waals surface area contributed by atoms with E-state index in [1.165, 1.54) is 25.8 Å². The minimum absolute atomic E-state index is 0.0477. The molecular formula is C34H58F2N6O8. The lowest BCUT2D eigenvalue weighted by atomic mass is 9.83. The Hall–Kier alpha value is -3.40. The van der Waals surface area contributed by atoms with E-state index in [2.05, 4.69) is 21.3 Å². The van der Waals surface area contributed by atoms with Crippen LogP contribution in [0.2, 0.25) is 0 Å². The Morgan fingerprint density at radius 1 is 0.940 bits per heavy atom. The largest absolute Gasteiger partial charge is 0.460 e. The van der Waals surface area contributed by atoms with Gasteiger partial charge < -0.3 is 41.7 Å². The van der Waals surface area contributed by atoms with Gasteiger partial charge in [-0.1, -0.05) is 46.5 Å². The van der Waals surface area contributed by atoms with E-state index in [1.54, 1.807) is 0 Å². The van der Waals surface area contributed by atoms with Gasteiger partial charge in [-0.05, 0) is 57.3 Å². The molecule has 0 spiro atoms. The minimum atomic E-state index is -1.63. The molecular weight excluding hydrogens is 658 g/mol. The van der Waals surface area contributed by atoms with Crippen molar-refractivity contribution in [1.29, 1.82) is 0 Å². The van der Waals surface area contributed by atoms with Crippen LogP contribution in [0.5, 0.6) is 0 Å². The fourth-order valence-electron chi connectivity index (χ4n) is 6.47. The van der Waals surface area contributed by atoms with Gasteiger partial charge in [0.2, 0.25) is 29.5 Å². The van der Waals surface area contributed by atoms with Crippen molar-refractivity contribution in [2.75, 3.05) is 26.8 Å². The van der Waals surface area contributed by atoms with Crippen LogP contribution in [-0.2, 0) is 33.5 Å². The number of unbranched alkanes of at least 4 members (excludes halogenated alkanes) is 1. The maximum atomic E-state index is 14.0. The van der Waals surface area contributed by atoms with Crippen molar-refractivity contribution < 1.29 is 47.4 Å². The molecule has 2 aliphatic rings. The molecule has 0 radical (unpaired) electrons. The fraction of sp³-hybridized carbons (Fsp3) is 0.824. The van der Waals surface area contributed by atoms with Gasteiger partial charge >= 0.3 is 5.97 Å². The number of amides is 5. The normalized spacial score (nSPS) is 28.7. The molecule has 286 valence electrons. The number of alkyl halides is 2. The summed E-state index contributed by atoms with van der Waals surface area (Å²) in [5.74, 6) is -5.76. The number of nitrogens with one attached hydrogen (secondary N) is 4. The molecule has 14 nitrogen and oxygen atoms in total. The monoisotopic (exact) mass is 716 g/mol. The van der Waals surface area contributed by atoms with E-state index in [0.717, 1.165) is 19.3 Å². The standard InChI is InChI=1S/C34H58F2N6O8/c1-19(2)15-25-31(46)41-29(22-11-7-6-8-12-22)33(48)39-24(17-37)30(45)40-28(21(4)43)32(47)38-18-27(44)50-26(20(3)34(49)42(25)5)14-10-9-13-23(36)16-35/h19-26,28-29,43H,6-18,37H2,1-5H3,(H,38,47)(H,39,48)(H,40,45)(H,41,46)/t20-,21+,23?,24+,25+,26-,28+,29+/m1/s1. The van der Waals surface area contributed by atoms with Crippen LogP contribution in [0.1, 0.15) is 91.9 Å². The van der Waals surface area contributed by atoms with Crippen molar-refractivity contribution >= 4 is 35.5 Å². The number of carbonyl (C=O) groups excluding carboxylic acids is 6. The van der Waals surface area contributed by atoms with E-state index in [9.17, 15) is 42.7 Å². The summed E-state index contributed by atoms with van der Waals surface area (Å²) in [6, 6.07) is -4.95. The van der Waals surface area contributed by atoms with E-state index in [4.69, 9.17) is 10.5 Å². The maximum absolute atomic E-state index is 14.0. The van der Waals surface area contributed by atoms with Gasteiger partial charge in [-0.25, -0.2) is 8.78 Å². The third-order valence-corrected chi connectivity index (χ3v) is 9.51. The summed E-state index contributed by atoms with van der Waals surface area (Å²) in [5, 5.41) is 20.5. The number of ether oxygens (including phenoxy) is 1. The molecule has 1 unspecified atom stereocenters. The van der Waals surface area contributed by atoms with Crippen molar-refractivity contribution in [1.82, 2.24) is 26.2 Å². The van der Waals surface area contributed by atoms with E-state index in [1.807, 2.05) is 13.8 Å². The fourth-order valence-corrected chi connectivity index (χ4v) is 6.47. The third kappa shape index (κ3) is 13.1.